The number of hydrogen-bond acceptors (Lipinski definition) is 8. The fourth-order valence-electron chi connectivity index (χ4n) is 2.78. The Bertz CT molecular complexity index is 1330. The van der Waals surface area contributed by atoms with E-state index in [0.29, 0.717) is 10.4 Å². The second kappa shape index (κ2) is 8.43. The summed E-state index contributed by atoms with van der Waals surface area (Å²) in [5.74, 6) is -0.944. The van der Waals surface area contributed by atoms with E-state index in [2.05, 4.69) is 9.97 Å². The lowest BCUT2D eigenvalue weighted by molar-refractivity contribution is -0.154. The number of nitrogens with zero attached hydrogens (tertiary/aromatic N) is 2. The number of carbonyl (C=O) groups is 1. The Labute approximate surface area is 182 Å². The lowest BCUT2D eigenvalue weighted by atomic mass is 10.1. The predicted molar refractivity (Wildman–Crippen MR) is 116 cm³/mol. The van der Waals surface area contributed by atoms with E-state index in [-0.39, 0.29) is 33.8 Å². The van der Waals surface area contributed by atoms with E-state index < -0.39 is 32.8 Å². The predicted octanol–water partition coefficient (Wildman–Crippen LogP) is 3.54. The summed E-state index contributed by atoms with van der Waals surface area (Å²) in [6, 6.07) is 6.45. The molecule has 0 aliphatic rings. The number of hydrogen-bond donors (Lipinski definition) is 0. The van der Waals surface area contributed by atoms with Crippen LogP contribution in [-0.4, -0.2) is 36.2 Å². The van der Waals surface area contributed by atoms with Crippen LogP contribution in [-0.2, 0) is 25.8 Å². The molecular weight excluding hydrogens is 443 g/mol. The van der Waals surface area contributed by atoms with Crippen molar-refractivity contribution in [3.63, 3.8) is 0 Å². The van der Waals surface area contributed by atoms with E-state index in [4.69, 9.17) is 4.74 Å². The van der Waals surface area contributed by atoms with Crippen LogP contribution >= 0.6 is 11.3 Å². The SMILES string of the molecule is CC(C)(C)OC(=O)CCc1cc(S(C)(=O)=O)cc(-c2nc(=O)c3ccc(F)cc3s2)n1. The molecule has 31 heavy (non-hydrogen) atoms. The van der Waals surface area contributed by atoms with Gasteiger partial charge in [-0.05, 0) is 51.1 Å². The van der Waals surface area contributed by atoms with E-state index in [0.717, 1.165) is 17.6 Å². The molecule has 0 unspecified atom stereocenters. The minimum atomic E-state index is -3.60. The Hall–Kier alpha value is -2.72. The lowest BCUT2D eigenvalue weighted by Crippen LogP contribution is -2.24. The van der Waals surface area contributed by atoms with Gasteiger partial charge in [-0.2, -0.15) is 4.98 Å². The van der Waals surface area contributed by atoms with Crippen molar-refractivity contribution < 1.29 is 22.3 Å². The monoisotopic (exact) mass is 464 g/mol. The zero-order valence-electron chi connectivity index (χ0n) is 17.4. The number of aryl methyl sites for hydroxylation is 1. The second-order valence-electron chi connectivity index (χ2n) is 8.00. The maximum absolute atomic E-state index is 13.6. The van der Waals surface area contributed by atoms with Crippen molar-refractivity contribution >= 4 is 37.2 Å². The molecule has 2 heterocycles. The molecule has 0 atom stereocenters. The summed E-state index contributed by atoms with van der Waals surface area (Å²) in [5.41, 5.74) is -0.702. The number of rotatable bonds is 5. The molecule has 10 heteroatoms. The molecule has 0 bridgehead atoms. The maximum atomic E-state index is 13.6. The highest BCUT2D eigenvalue weighted by Crippen LogP contribution is 2.28. The minimum absolute atomic E-state index is 0.00349. The molecule has 0 aliphatic carbocycles. The van der Waals surface area contributed by atoms with Gasteiger partial charge >= 0.3 is 5.97 Å². The number of carbonyl (C=O) groups excluding carboxylic acids is 1. The molecule has 0 saturated carbocycles. The Morgan fingerprint density at radius 2 is 1.87 bits per heavy atom. The molecule has 0 N–H and O–H groups in total. The molecular formula is C21H21FN2O5S2. The number of pyridine rings is 1. The Balaban J connectivity index is 2.04. The summed E-state index contributed by atoms with van der Waals surface area (Å²) < 4.78 is 43.6. The first-order chi connectivity index (χ1) is 14.3. The number of sulfone groups is 1. The van der Waals surface area contributed by atoms with Gasteiger partial charge in [-0.1, -0.05) is 0 Å². The van der Waals surface area contributed by atoms with Gasteiger partial charge in [0.15, 0.2) is 9.84 Å². The van der Waals surface area contributed by atoms with Crippen LogP contribution in [0.25, 0.3) is 20.8 Å². The molecule has 3 aromatic rings. The van der Waals surface area contributed by atoms with Gasteiger partial charge in [0, 0.05) is 23.1 Å². The number of aromatic nitrogens is 2. The van der Waals surface area contributed by atoms with Crippen molar-refractivity contribution in [3.05, 3.63) is 52.2 Å². The summed E-state index contributed by atoms with van der Waals surface area (Å²) in [6.45, 7) is 5.25. The zero-order valence-corrected chi connectivity index (χ0v) is 19.1. The molecule has 0 fully saturated rings. The van der Waals surface area contributed by atoms with Crippen LogP contribution in [0.3, 0.4) is 0 Å². The summed E-state index contributed by atoms with van der Waals surface area (Å²) in [6.07, 6.45) is 1.20. The smallest absolute Gasteiger partial charge is 0.306 e. The van der Waals surface area contributed by atoms with Crippen LogP contribution < -0.4 is 5.56 Å². The van der Waals surface area contributed by atoms with Crippen LogP contribution in [0, 0.1) is 5.82 Å². The van der Waals surface area contributed by atoms with Gasteiger partial charge in [-0.15, -0.1) is 11.3 Å². The maximum Gasteiger partial charge on any atom is 0.306 e. The van der Waals surface area contributed by atoms with Crippen LogP contribution in [0.1, 0.15) is 32.9 Å². The number of esters is 1. The molecule has 0 aliphatic heterocycles. The summed E-state index contributed by atoms with van der Waals surface area (Å²) in [7, 11) is -3.60. The Morgan fingerprint density at radius 3 is 2.52 bits per heavy atom. The highest BCUT2D eigenvalue weighted by atomic mass is 32.2. The number of fused-ring (bicyclic) bond motifs is 1. The minimum Gasteiger partial charge on any atom is -0.460 e. The van der Waals surface area contributed by atoms with Gasteiger partial charge < -0.3 is 4.74 Å². The largest absolute Gasteiger partial charge is 0.460 e. The molecule has 7 nitrogen and oxygen atoms in total. The molecule has 2 aromatic heterocycles. The van der Waals surface area contributed by atoms with E-state index in [1.54, 1.807) is 20.8 Å². The average molecular weight is 465 g/mol. The molecule has 0 radical (unpaired) electrons. The highest BCUT2D eigenvalue weighted by Gasteiger charge is 2.19. The van der Waals surface area contributed by atoms with E-state index in [1.165, 1.54) is 30.3 Å². The summed E-state index contributed by atoms with van der Waals surface area (Å²) >= 11 is 1.03. The van der Waals surface area contributed by atoms with Crippen molar-refractivity contribution in [3.8, 4) is 10.7 Å². The van der Waals surface area contributed by atoms with Gasteiger partial charge in [0.25, 0.3) is 5.56 Å². The third-order valence-electron chi connectivity index (χ3n) is 4.09. The second-order valence-corrected chi connectivity index (χ2v) is 11.0. The van der Waals surface area contributed by atoms with Gasteiger partial charge in [0.2, 0.25) is 0 Å². The van der Waals surface area contributed by atoms with Crippen molar-refractivity contribution in [2.45, 2.75) is 44.1 Å². The van der Waals surface area contributed by atoms with Crippen LogP contribution in [0.2, 0.25) is 0 Å². The first kappa shape index (κ1) is 23.0. The standard InChI is InChI=1S/C21H21FN2O5S2/c1-21(2,3)29-18(25)8-6-13-10-14(31(4,27)28)11-16(23-13)20-24-19(26)15-7-5-12(22)9-17(15)30-20/h5,7,9-11H,6,8H2,1-4H3. The van der Waals surface area contributed by atoms with Crippen molar-refractivity contribution in [1.82, 2.24) is 9.97 Å². The topological polar surface area (TPSA) is 103 Å². The Kier molecular flexibility index (Phi) is 6.24. The zero-order chi connectivity index (χ0) is 23.0. The van der Waals surface area contributed by atoms with Crippen molar-refractivity contribution in [1.29, 1.82) is 0 Å². The number of halogens is 1. The van der Waals surface area contributed by atoms with E-state index >= 15 is 0 Å². The van der Waals surface area contributed by atoms with Gasteiger partial charge in [-0.3, -0.25) is 14.6 Å². The van der Waals surface area contributed by atoms with Gasteiger partial charge in [0.05, 0.1) is 16.7 Å². The molecule has 0 spiro atoms. The summed E-state index contributed by atoms with van der Waals surface area (Å²) in [5, 5.41) is 0.423. The average Bonchev–Trinajstić information content (AvgIpc) is 2.63. The normalized spacial score (nSPS) is 12.2. The summed E-state index contributed by atoms with van der Waals surface area (Å²) in [4.78, 5) is 32.8. The lowest BCUT2D eigenvalue weighted by Gasteiger charge is -2.19. The number of ether oxygens (including phenoxy) is 1. The molecule has 164 valence electrons. The van der Waals surface area contributed by atoms with Gasteiger partial charge in [-0.25, -0.2) is 12.8 Å². The fourth-order valence-corrected chi connectivity index (χ4v) is 4.44. The molecule has 0 amide bonds. The van der Waals surface area contributed by atoms with Crippen molar-refractivity contribution in [2.75, 3.05) is 6.26 Å². The molecule has 0 saturated heterocycles. The van der Waals surface area contributed by atoms with Crippen molar-refractivity contribution in [2.24, 2.45) is 0 Å². The first-order valence-corrected chi connectivity index (χ1v) is 12.1. The fraction of sp³-hybridized carbons (Fsp3) is 0.333. The van der Waals surface area contributed by atoms with Crippen LogP contribution in [0.15, 0.2) is 40.0 Å². The highest BCUT2D eigenvalue weighted by molar-refractivity contribution is 7.90. The Morgan fingerprint density at radius 1 is 1.16 bits per heavy atom. The third-order valence-corrected chi connectivity index (χ3v) is 6.23. The van der Waals surface area contributed by atoms with E-state index in [1.807, 2.05) is 0 Å². The van der Waals surface area contributed by atoms with Crippen LogP contribution in [0.5, 0.6) is 0 Å². The van der Waals surface area contributed by atoms with Gasteiger partial charge in [0.1, 0.15) is 22.1 Å². The number of benzene rings is 1. The molecule has 1 aromatic carbocycles. The third kappa shape index (κ3) is 5.92. The van der Waals surface area contributed by atoms with Crippen LogP contribution in [0.4, 0.5) is 4.39 Å². The quantitative estimate of drug-likeness (QED) is 0.532. The first-order valence-electron chi connectivity index (χ1n) is 9.35. The van der Waals surface area contributed by atoms with E-state index in [9.17, 15) is 22.4 Å². The molecule has 3 rings (SSSR count).